The summed E-state index contributed by atoms with van der Waals surface area (Å²) in [5.74, 6) is -3.03. The first-order valence-corrected chi connectivity index (χ1v) is 10.6. The average molecular weight is 464 g/mol. The quantitative estimate of drug-likeness (QED) is 0.286. The van der Waals surface area contributed by atoms with Gasteiger partial charge in [0.15, 0.2) is 0 Å². The Kier molecular flexibility index (Phi) is 5.92. The zero-order chi connectivity index (χ0) is 23.8. The maximum atomic E-state index is 13.7. The lowest BCUT2D eigenvalue weighted by Crippen LogP contribution is -2.09. The van der Waals surface area contributed by atoms with Gasteiger partial charge in [0.05, 0.1) is 0 Å². The summed E-state index contributed by atoms with van der Waals surface area (Å²) in [5, 5.41) is 59.2. The molecule has 170 valence electrons. The molecule has 3 aromatic rings. The standard InChI is InChI=1S/C21H21O10P/c1-10-16(25)4-13(22)7-19(10)29-32(28,30-20-8-14(23)5-17(26)11(20)2)31-21-9-15(24)6-18(27)12(21)3/h4-9,22-27H,1-3H3. The van der Waals surface area contributed by atoms with Crippen molar-refractivity contribution in [3.8, 4) is 51.7 Å². The Morgan fingerprint density at radius 2 is 0.781 bits per heavy atom. The van der Waals surface area contributed by atoms with E-state index in [1.54, 1.807) is 0 Å². The van der Waals surface area contributed by atoms with Crippen LogP contribution in [-0.4, -0.2) is 30.6 Å². The van der Waals surface area contributed by atoms with E-state index in [-0.39, 0.29) is 51.2 Å². The van der Waals surface area contributed by atoms with Gasteiger partial charge >= 0.3 is 7.82 Å². The van der Waals surface area contributed by atoms with Crippen LogP contribution in [0.1, 0.15) is 16.7 Å². The zero-order valence-electron chi connectivity index (χ0n) is 17.2. The van der Waals surface area contributed by atoms with Crippen molar-refractivity contribution in [1.82, 2.24) is 0 Å². The zero-order valence-corrected chi connectivity index (χ0v) is 18.1. The van der Waals surface area contributed by atoms with Crippen LogP contribution in [0.15, 0.2) is 36.4 Å². The van der Waals surface area contributed by atoms with E-state index >= 15 is 0 Å². The van der Waals surface area contributed by atoms with E-state index in [2.05, 4.69) is 0 Å². The number of rotatable bonds is 6. The Labute approximate surface area is 182 Å². The summed E-state index contributed by atoms with van der Waals surface area (Å²) in [6, 6.07) is 6.33. The van der Waals surface area contributed by atoms with Crippen LogP contribution in [-0.2, 0) is 4.57 Å². The summed E-state index contributed by atoms with van der Waals surface area (Å²) in [4.78, 5) is 0. The predicted molar refractivity (Wildman–Crippen MR) is 113 cm³/mol. The van der Waals surface area contributed by atoms with Crippen molar-refractivity contribution in [2.75, 3.05) is 0 Å². The molecule has 0 spiro atoms. The molecule has 0 fully saturated rings. The van der Waals surface area contributed by atoms with Crippen LogP contribution >= 0.6 is 7.82 Å². The summed E-state index contributed by atoms with van der Waals surface area (Å²) < 4.78 is 30.0. The second-order valence-corrected chi connectivity index (χ2v) is 8.43. The van der Waals surface area contributed by atoms with E-state index < -0.39 is 25.1 Å². The first-order chi connectivity index (χ1) is 14.9. The van der Waals surface area contributed by atoms with Crippen molar-refractivity contribution in [1.29, 1.82) is 0 Å². The van der Waals surface area contributed by atoms with E-state index in [9.17, 15) is 35.2 Å². The van der Waals surface area contributed by atoms with Crippen LogP contribution in [0.2, 0.25) is 0 Å². The summed E-state index contributed by atoms with van der Waals surface area (Å²) >= 11 is 0. The molecule has 0 aromatic heterocycles. The number of hydrogen-bond donors (Lipinski definition) is 6. The van der Waals surface area contributed by atoms with Gasteiger partial charge in [-0.3, -0.25) is 0 Å². The minimum atomic E-state index is -4.75. The van der Waals surface area contributed by atoms with Crippen LogP contribution in [0.5, 0.6) is 51.7 Å². The van der Waals surface area contributed by atoms with Crippen molar-refractivity contribution in [2.24, 2.45) is 0 Å². The van der Waals surface area contributed by atoms with Gasteiger partial charge in [0.25, 0.3) is 0 Å². The first kappa shape index (κ1) is 22.8. The van der Waals surface area contributed by atoms with E-state index in [0.717, 1.165) is 36.4 Å². The third kappa shape index (κ3) is 4.70. The Bertz CT molecular complexity index is 1090. The molecular weight excluding hydrogens is 443 g/mol. The number of aromatic hydroxyl groups is 6. The summed E-state index contributed by atoms with van der Waals surface area (Å²) in [5.41, 5.74) is 0.295. The molecule has 32 heavy (non-hydrogen) atoms. The van der Waals surface area contributed by atoms with Crippen molar-refractivity contribution >= 4 is 7.82 Å². The third-order valence-electron chi connectivity index (χ3n) is 4.58. The van der Waals surface area contributed by atoms with Crippen LogP contribution in [0.4, 0.5) is 0 Å². The maximum absolute atomic E-state index is 13.7. The fourth-order valence-corrected chi connectivity index (χ4v) is 4.08. The van der Waals surface area contributed by atoms with Crippen LogP contribution in [0, 0.1) is 20.8 Å². The van der Waals surface area contributed by atoms with E-state index in [0.29, 0.717) is 0 Å². The number of phenolic OH excluding ortho intramolecular Hbond substituents is 6. The van der Waals surface area contributed by atoms with Crippen LogP contribution in [0.3, 0.4) is 0 Å². The monoisotopic (exact) mass is 464 g/mol. The minimum Gasteiger partial charge on any atom is -0.508 e. The molecule has 6 N–H and O–H groups in total. The lowest BCUT2D eigenvalue weighted by atomic mass is 10.2. The first-order valence-electron chi connectivity index (χ1n) is 9.15. The molecule has 0 aliphatic rings. The Morgan fingerprint density at radius 3 is 1.03 bits per heavy atom. The summed E-state index contributed by atoms with van der Waals surface area (Å²) in [6.45, 7) is 4.27. The van der Waals surface area contributed by atoms with Crippen LogP contribution < -0.4 is 13.6 Å². The third-order valence-corrected chi connectivity index (χ3v) is 5.84. The van der Waals surface area contributed by atoms with Gasteiger partial charge in [-0.05, 0) is 20.8 Å². The highest BCUT2D eigenvalue weighted by atomic mass is 31.2. The second-order valence-electron chi connectivity index (χ2n) is 6.99. The minimum absolute atomic E-state index is 0.0983. The van der Waals surface area contributed by atoms with Crippen molar-refractivity contribution < 1.29 is 48.8 Å². The number of hydrogen-bond acceptors (Lipinski definition) is 10. The Balaban J connectivity index is 2.12. The van der Waals surface area contributed by atoms with E-state index in [4.69, 9.17) is 13.6 Å². The van der Waals surface area contributed by atoms with Gasteiger partial charge in [-0.2, -0.15) is 4.57 Å². The lowest BCUT2D eigenvalue weighted by Gasteiger charge is -2.22. The molecule has 0 aliphatic carbocycles. The number of phosphoric ester groups is 1. The molecule has 0 aliphatic heterocycles. The predicted octanol–water partition coefficient (Wildman–Crippen LogP) is 4.49. The van der Waals surface area contributed by atoms with Gasteiger partial charge in [0.2, 0.25) is 0 Å². The molecule has 0 saturated carbocycles. The van der Waals surface area contributed by atoms with Gasteiger partial charge in [0, 0.05) is 53.1 Å². The summed E-state index contributed by atoms with van der Waals surface area (Å²) in [6.07, 6.45) is 0. The topological polar surface area (TPSA) is 166 Å². The maximum Gasteiger partial charge on any atom is 0.647 e. The summed E-state index contributed by atoms with van der Waals surface area (Å²) in [7, 11) is -4.75. The van der Waals surface area contributed by atoms with Crippen molar-refractivity contribution in [3.05, 3.63) is 53.1 Å². The molecule has 3 rings (SSSR count). The van der Waals surface area contributed by atoms with Gasteiger partial charge < -0.3 is 44.2 Å². The van der Waals surface area contributed by atoms with Crippen molar-refractivity contribution in [3.63, 3.8) is 0 Å². The molecule has 0 amide bonds. The largest absolute Gasteiger partial charge is 0.647 e. The Morgan fingerprint density at radius 1 is 0.531 bits per heavy atom. The normalized spacial score (nSPS) is 11.2. The molecule has 0 radical (unpaired) electrons. The highest BCUT2D eigenvalue weighted by Crippen LogP contribution is 2.54. The molecular formula is C21H21O10P. The van der Waals surface area contributed by atoms with Gasteiger partial charge in [-0.15, -0.1) is 0 Å². The molecule has 10 nitrogen and oxygen atoms in total. The molecule has 3 aromatic carbocycles. The van der Waals surface area contributed by atoms with Gasteiger partial charge in [0.1, 0.15) is 51.7 Å². The van der Waals surface area contributed by atoms with Gasteiger partial charge in [-0.1, -0.05) is 0 Å². The van der Waals surface area contributed by atoms with Crippen molar-refractivity contribution in [2.45, 2.75) is 20.8 Å². The molecule has 11 heteroatoms. The molecule has 0 bridgehead atoms. The molecule has 0 heterocycles. The highest BCUT2D eigenvalue weighted by molar-refractivity contribution is 7.49. The average Bonchev–Trinajstić information content (AvgIpc) is 2.67. The highest BCUT2D eigenvalue weighted by Gasteiger charge is 2.36. The fraction of sp³-hybridized carbons (Fsp3) is 0.143. The van der Waals surface area contributed by atoms with E-state index in [1.165, 1.54) is 20.8 Å². The molecule has 0 atom stereocenters. The SMILES string of the molecule is Cc1c(O)cc(O)cc1OP(=O)(Oc1cc(O)cc(O)c1C)Oc1cc(O)cc(O)c1C. The number of benzene rings is 3. The fourth-order valence-electron chi connectivity index (χ4n) is 2.68. The Hall–Kier alpha value is -3.91. The second kappa shape index (κ2) is 8.32. The smallest absolute Gasteiger partial charge is 0.508 e. The number of phosphoric acid groups is 1. The molecule has 0 unspecified atom stereocenters. The number of phenols is 6. The van der Waals surface area contributed by atoms with Crippen LogP contribution in [0.25, 0.3) is 0 Å². The lowest BCUT2D eigenvalue weighted by molar-refractivity contribution is 0.293. The molecule has 0 saturated heterocycles. The van der Waals surface area contributed by atoms with E-state index in [1.807, 2.05) is 0 Å². The van der Waals surface area contributed by atoms with Gasteiger partial charge in [-0.25, -0.2) is 0 Å².